The standard InChI is InChI=1S/C8H7ClN2O4/c9-4-3-6-1-2-7(10(12)13)5-8(6)11(14)15/h1-2,5H,3-4H2. The molecule has 1 aromatic carbocycles. The Balaban J connectivity index is 3.20. The van der Waals surface area contributed by atoms with Crippen molar-refractivity contribution in [2.75, 3.05) is 5.88 Å². The highest BCUT2D eigenvalue weighted by atomic mass is 35.5. The van der Waals surface area contributed by atoms with E-state index in [9.17, 15) is 20.2 Å². The smallest absolute Gasteiger partial charge is 0.258 e. The maximum Gasteiger partial charge on any atom is 0.279 e. The van der Waals surface area contributed by atoms with Crippen molar-refractivity contribution in [3.05, 3.63) is 44.0 Å². The molecule has 0 spiro atoms. The maximum atomic E-state index is 10.6. The number of nitro groups is 2. The van der Waals surface area contributed by atoms with Gasteiger partial charge in [0, 0.05) is 17.5 Å². The van der Waals surface area contributed by atoms with Crippen LogP contribution in [0, 0.1) is 20.2 Å². The average molecular weight is 231 g/mol. The number of rotatable bonds is 4. The first-order chi connectivity index (χ1) is 7.06. The number of alkyl halides is 1. The maximum absolute atomic E-state index is 10.6. The zero-order chi connectivity index (χ0) is 11.4. The van der Waals surface area contributed by atoms with Crippen LogP contribution in [0.3, 0.4) is 0 Å². The zero-order valence-electron chi connectivity index (χ0n) is 7.55. The van der Waals surface area contributed by atoms with Gasteiger partial charge in [-0.3, -0.25) is 20.2 Å². The highest BCUT2D eigenvalue weighted by molar-refractivity contribution is 6.18. The van der Waals surface area contributed by atoms with Crippen molar-refractivity contribution in [1.29, 1.82) is 0 Å². The molecule has 0 aliphatic heterocycles. The quantitative estimate of drug-likeness (QED) is 0.451. The molecule has 0 radical (unpaired) electrons. The van der Waals surface area contributed by atoms with Crippen LogP contribution >= 0.6 is 11.6 Å². The first-order valence-corrected chi connectivity index (χ1v) is 4.57. The number of benzene rings is 1. The van der Waals surface area contributed by atoms with E-state index in [-0.39, 0.29) is 17.3 Å². The first-order valence-electron chi connectivity index (χ1n) is 4.04. The van der Waals surface area contributed by atoms with Gasteiger partial charge in [0.15, 0.2) is 0 Å². The summed E-state index contributed by atoms with van der Waals surface area (Å²) >= 11 is 5.46. The van der Waals surface area contributed by atoms with E-state index in [4.69, 9.17) is 11.6 Å². The number of aryl methyl sites for hydroxylation is 1. The molecule has 0 unspecified atom stereocenters. The van der Waals surface area contributed by atoms with Gasteiger partial charge in [-0.1, -0.05) is 0 Å². The molecule has 1 aromatic rings. The molecule has 0 amide bonds. The van der Waals surface area contributed by atoms with E-state index in [1.807, 2.05) is 0 Å². The van der Waals surface area contributed by atoms with Crippen molar-refractivity contribution in [2.45, 2.75) is 6.42 Å². The summed E-state index contributed by atoms with van der Waals surface area (Å²) < 4.78 is 0. The molecule has 0 saturated heterocycles. The predicted molar refractivity (Wildman–Crippen MR) is 54.2 cm³/mol. The number of hydrogen-bond acceptors (Lipinski definition) is 4. The van der Waals surface area contributed by atoms with Gasteiger partial charge < -0.3 is 0 Å². The number of nitro benzene ring substituents is 2. The minimum Gasteiger partial charge on any atom is -0.258 e. The van der Waals surface area contributed by atoms with Crippen molar-refractivity contribution in [1.82, 2.24) is 0 Å². The Morgan fingerprint density at radius 3 is 2.33 bits per heavy atom. The van der Waals surface area contributed by atoms with Crippen LogP contribution in [0.4, 0.5) is 11.4 Å². The summed E-state index contributed by atoms with van der Waals surface area (Å²) in [6.07, 6.45) is 0.315. The number of nitrogens with zero attached hydrogens (tertiary/aromatic N) is 2. The molecule has 0 atom stereocenters. The Kier molecular flexibility index (Phi) is 3.56. The third-order valence-electron chi connectivity index (χ3n) is 1.84. The van der Waals surface area contributed by atoms with Crippen LogP contribution in [0.15, 0.2) is 18.2 Å². The van der Waals surface area contributed by atoms with Gasteiger partial charge in [-0.05, 0) is 12.5 Å². The average Bonchev–Trinajstić information content (AvgIpc) is 2.18. The third-order valence-corrected chi connectivity index (χ3v) is 2.03. The number of hydrogen-bond donors (Lipinski definition) is 0. The normalized spacial score (nSPS) is 9.93. The van der Waals surface area contributed by atoms with Gasteiger partial charge in [-0.15, -0.1) is 11.6 Å². The van der Waals surface area contributed by atoms with Crippen molar-refractivity contribution < 1.29 is 9.85 Å². The summed E-state index contributed by atoms with van der Waals surface area (Å²) in [5.41, 5.74) is -0.148. The van der Waals surface area contributed by atoms with Crippen LogP contribution in [-0.2, 0) is 6.42 Å². The molecule has 0 saturated carbocycles. The van der Waals surface area contributed by atoms with Crippen molar-refractivity contribution in [3.8, 4) is 0 Å². The van der Waals surface area contributed by atoms with Crippen LogP contribution in [0.2, 0.25) is 0 Å². The van der Waals surface area contributed by atoms with Crippen molar-refractivity contribution in [3.63, 3.8) is 0 Å². The van der Waals surface area contributed by atoms with Crippen LogP contribution in [0.5, 0.6) is 0 Å². The van der Waals surface area contributed by atoms with Crippen LogP contribution in [-0.4, -0.2) is 15.7 Å². The lowest BCUT2D eigenvalue weighted by Crippen LogP contribution is -1.98. The molecule has 7 heteroatoms. The summed E-state index contributed by atoms with van der Waals surface area (Å²) in [6, 6.07) is 3.54. The van der Waals surface area contributed by atoms with E-state index in [1.54, 1.807) is 0 Å². The molecule has 0 aromatic heterocycles. The second kappa shape index (κ2) is 4.70. The topological polar surface area (TPSA) is 86.3 Å². The van der Waals surface area contributed by atoms with Gasteiger partial charge in [-0.2, -0.15) is 0 Å². The van der Waals surface area contributed by atoms with E-state index in [1.165, 1.54) is 12.1 Å². The van der Waals surface area contributed by atoms with Crippen LogP contribution in [0.25, 0.3) is 0 Å². The summed E-state index contributed by atoms with van der Waals surface area (Å²) in [7, 11) is 0. The minimum atomic E-state index is -0.669. The van der Waals surface area contributed by atoms with Gasteiger partial charge in [0.1, 0.15) is 0 Å². The van der Waals surface area contributed by atoms with E-state index in [2.05, 4.69) is 0 Å². The molecule has 0 fully saturated rings. The van der Waals surface area contributed by atoms with Gasteiger partial charge in [-0.25, -0.2) is 0 Å². The largest absolute Gasteiger partial charge is 0.279 e. The third kappa shape index (κ3) is 2.63. The lowest BCUT2D eigenvalue weighted by atomic mass is 10.1. The SMILES string of the molecule is O=[N+]([O-])c1ccc(CCCl)c([N+](=O)[O-])c1. The lowest BCUT2D eigenvalue weighted by Gasteiger charge is -1.99. The van der Waals surface area contributed by atoms with Gasteiger partial charge >= 0.3 is 0 Å². The Hall–Kier alpha value is -1.69. The fourth-order valence-electron chi connectivity index (χ4n) is 1.15. The molecule has 0 N–H and O–H groups in total. The summed E-state index contributed by atoms with van der Waals surface area (Å²) in [5, 5.41) is 21.0. The molecular weight excluding hydrogens is 224 g/mol. The monoisotopic (exact) mass is 230 g/mol. The fraction of sp³-hybridized carbons (Fsp3) is 0.250. The van der Waals surface area contributed by atoms with Gasteiger partial charge in [0.05, 0.1) is 15.9 Å². The Labute approximate surface area is 89.8 Å². The van der Waals surface area contributed by atoms with Gasteiger partial charge in [0.2, 0.25) is 0 Å². The fourth-order valence-corrected chi connectivity index (χ4v) is 1.35. The molecule has 0 aliphatic rings. The molecule has 1 rings (SSSR count). The second-order valence-corrected chi connectivity index (χ2v) is 3.14. The van der Waals surface area contributed by atoms with Crippen LogP contribution in [0.1, 0.15) is 5.56 Å². The highest BCUT2D eigenvalue weighted by Gasteiger charge is 2.18. The molecule has 0 bridgehead atoms. The predicted octanol–water partition coefficient (Wildman–Crippen LogP) is 2.28. The van der Waals surface area contributed by atoms with Gasteiger partial charge in [0.25, 0.3) is 11.4 Å². The van der Waals surface area contributed by atoms with E-state index >= 15 is 0 Å². The Morgan fingerprint density at radius 2 is 1.87 bits per heavy atom. The zero-order valence-corrected chi connectivity index (χ0v) is 8.31. The Bertz CT molecular complexity index is 408. The summed E-state index contributed by atoms with van der Waals surface area (Å²) in [4.78, 5) is 19.7. The second-order valence-electron chi connectivity index (χ2n) is 2.77. The first kappa shape index (κ1) is 11.4. The van der Waals surface area contributed by atoms with Crippen LogP contribution < -0.4 is 0 Å². The van der Waals surface area contributed by atoms with E-state index < -0.39 is 9.85 Å². The molecule has 6 nitrogen and oxygen atoms in total. The van der Waals surface area contributed by atoms with Crippen molar-refractivity contribution >= 4 is 23.0 Å². The summed E-state index contributed by atoms with van der Waals surface area (Å²) in [5.74, 6) is 0.235. The lowest BCUT2D eigenvalue weighted by molar-refractivity contribution is -0.394. The summed E-state index contributed by atoms with van der Waals surface area (Å²) in [6.45, 7) is 0. The minimum absolute atomic E-state index is 0.235. The molecule has 80 valence electrons. The van der Waals surface area contributed by atoms with E-state index in [0.29, 0.717) is 12.0 Å². The van der Waals surface area contributed by atoms with Crippen molar-refractivity contribution in [2.24, 2.45) is 0 Å². The molecule has 0 heterocycles. The molecule has 15 heavy (non-hydrogen) atoms. The number of non-ortho nitro benzene ring substituents is 1. The highest BCUT2D eigenvalue weighted by Crippen LogP contribution is 2.25. The Morgan fingerprint density at radius 1 is 1.20 bits per heavy atom. The van der Waals surface area contributed by atoms with E-state index in [0.717, 1.165) is 6.07 Å². The molecular formula is C8H7ClN2O4. The number of halogens is 1. The molecule has 0 aliphatic carbocycles.